The van der Waals surface area contributed by atoms with Crippen molar-refractivity contribution >= 4 is 11.9 Å². The van der Waals surface area contributed by atoms with E-state index in [1.54, 1.807) is 27.7 Å². The zero-order valence-corrected chi connectivity index (χ0v) is 12.4. The Hall–Kier alpha value is -2.10. The van der Waals surface area contributed by atoms with Gasteiger partial charge in [0.15, 0.2) is 0 Å². The van der Waals surface area contributed by atoms with E-state index in [2.05, 4.69) is 5.32 Å². The molecule has 20 heavy (non-hydrogen) atoms. The predicted molar refractivity (Wildman–Crippen MR) is 77.6 cm³/mol. The van der Waals surface area contributed by atoms with Crippen molar-refractivity contribution in [2.24, 2.45) is 5.41 Å². The van der Waals surface area contributed by atoms with E-state index in [4.69, 9.17) is 4.74 Å². The fourth-order valence-corrected chi connectivity index (χ4v) is 1.35. The molecule has 0 fully saturated rings. The number of hydrogen-bond acceptors (Lipinski definition) is 3. The van der Waals surface area contributed by atoms with Gasteiger partial charge in [-0.3, -0.25) is 4.79 Å². The third kappa shape index (κ3) is 4.88. The molecule has 0 saturated carbocycles. The Bertz CT molecular complexity index is 498. The summed E-state index contributed by atoms with van der Waals surface area (Å²) in [5.74, 6) is -0.754. The van der Waals surface area contributed by atoms with Crippen LogP contribution in [0.1, 0.15) is 33.3 Å². The number of allylic oxidation sites excluding steroid dienone is 1. The zero-order chi connectivity index (χ0) is 15.2. The minimum Gasteiger partial charge on any atom is -0.456 e. The lowest BCUT2D eigenvalue weighted by Crippen LogP contribution is -2.36. The lowest BCUT2D eigenvalue weighted by atomic mass is 9.95. The molecular formula is C16H21NO3. The van der Waals surface area contributed by atoms with Crippen molar-refractivity contribution < 1.29 is 14.3 Å². The highest BCUT2D eigenvalue weighted by atomic mass is 16.5. The molecule has 0 aliphatic heterocycles. The van der Waals surface area contributed by atoms with E-state index < -0.39 is 11.4 Å². The summed E-state index contributed by atoms with van der Waals surface area (Å²) in [6, 6.07) is 9.39. The third-order valence-electron chi connectivity index (χ3n) is 2.65. The van der Waals surface area contributed by atoms with Gasteiger partial charge in [0.1, 0.15) is 12.3 Å². The number of amides is 1. The Kier molecular flexibility index (Phi) is 5.50. The monoisotopic (exact) mass is 275 g/mol. The van der Waals surface area contributed by atoms with Crippen LogP contribution in [0.15, 0.2) is 42.1 Å². The Morgan fingerprint density at radius 2 is 1.80 bits per heavy atom. The Morgan fingerprint density at radius 1 is 1.20 bits per heavy atom. The molecule has 0 bridgehead atoms. The fourth-order valence-electron chi connectivity index (χ4n) is 1.35. The first kappa shape index (κ1) is 16.0. The molecule has 1 aromatic rings. The number of ether oxygens (including phenoxy) is 1. The van der Waals surface area contributed by atoms with Gasteiger partial charge in [0, 0.05) is 5.41 Å². The van der Waals surface area contributed by atoms with Crippen LogP contribution >= 0.6 is 0 Å². The number of carbonyl (C=O) groups is 2. The van der Waals surface area contributed by atoms with E-state index in [0.29, 0.717) is 0 Å². The van der Waals surface area contributed by atoms with Crippen LogP contribution in [0.2, 0.25) is 0 Å². The number of carbonyl (C=O) groups excluding carboxylic acids is 2. The second-order valence-electron chi connectivity index (χ2n) is 5.47. The molecular weight excluding hydrogens is 254 g/mol. The minimum absolute atomic E-state index is 0.167. The summed E-state index contributed by atoms with van der Waals surface area (Å²) in [4.78, 5) is 23.8. The van der Waals surface area contributed by atoms with Gasteiger partial charge in [0.25, 0.3) is 0 Å². The van der Waals surface area contributed by atoms with Crippen LogP contribution in [0.4, 0.5) is 0 Å². The summed E-state index contributed by atoms with van der Waals surface area (Å²) in [6.45, 7) is 7.21. The molecule has 1 N–H and O–H groups in total. The van der Waals surface area contributed by atoms with Crippen molar-refractivity contribution in [2.45, 2.75) is 34.3 Å². The first-order valence-corrected chi connectivity index (χ1v) is 6.53. The fraction of sp³-hybridized carbons (Fsp3) is 0.375. The quantitative estimate of drug-likeness (QED) is 0.679. The molecule has 1 aromatic carbocycles. The molecule has 4 heteroatoms. The molecule has 0 spiro atoms. The van der Waals surface area contributed by atoms with E-state index in [1.165, 1.54) is 6.08 Å². The van der Waals surface area contributed by atoms with Crippen molar-refractivity contribution in [3.05, 3.63) is 47.7 Å². The maximum atomic E-state index is 11.9. The maximum absolute atomic E-state index is 11.9. The van der Waals surface area contributed by atoms with Gasteiger partial charge in [0.05, 0.1) is 0 Å². The van der Waals surface area contributed by atoms with Crippen molar-refractivity contribution in [1.29, 1.82) is 0 Å². The first-order valence-electron chi connectivity index (χ1n) is 6.53. The van der Waals surface area contributed by atoms with Gasteiger partial charge < -0.3 is 10.1 Å². The molecule has 0 heterocycles. The number of esters is 1. The Balaban J connectivity index is 2.59. The maximum Gasteiger partial charge on any atom is 0.354 e. The number of benzene rings is 1. The molecule has 0 radical (unpaired) electrons. The molecule has 0 aromatic heterocycles. The summed E-state index contributed by atoms with van der Waals surface area (Å²) in [5.41, 5.74) is 0.507. The molecule has 0 unspecified atom stereocenters. The third-order valence-corrected chi connectivity index (χ3v) is 2.65. The smallest absolute Gasteiger partial charge is 0.354 e. The van der Waals surface area contributed by atoms with Gasteiger partial charge in [0.2, 0.25) is 5.91 Å². The number of nitrogens with one attached hydrogen (secondary N) is 1. The summed E-state index contributed by atoms with van der Waals surface area (Å²) in [7, 11) is 0. The van der Waals surface area contributed by atoms with Crippen LogP contribution < -0.4 is 5.32 Å². The van der Waals surface area contributed by atoms with Crippen molar-refractivity contribution in [2.75, 3.05) is 0 Å². The molecule has 0 saturated heterocycles. The van der Waals surface area contributed by atoms with Crippen molar-refractivity contribution in [3.8, 4) is 0 Å². The minimum atomic E-state index is -0.562. The predicted octanol–water partition coefficient (Wildman–Crippen LogP) is 2.80. The van der Waals surface area contributed by atoms with Crippen LogP contribution in [-0.4, -0.2) is 11.9 Å². The van der Waals surface area contributed by atoms with Gasteiger partial charge in [-0.25, -0.2) is 4.79 Å². The molecule has 108 valence electrons. The van der Waals surface area contributed by atoms with E-state index >= 15 is 0 Å². The highest BCUT2D eigenvalue weighted by molar-refractivity contribution is 5.95. The summed E-state index contributed by atoms with van der Waals surface area (Å²) >= 11 is 0. The topological polar surface area (TPSA) is 55.4 Å². The van der Waals surface area contributed by atoms with Crippen LogP contribution in [0.5, 0.6) is 0 Å². The molecule has 0 aliphatic rings. The largest absolute Gasteiger partial charge is 0.456 e. The highest BCUT2D eigenvalue weighted by Crippen LogP contribution is 2.14. The van der Waals surface area contributed by atoms with Crippen molar-refractivity contribution in [3.63, 3.8) is 0 Å². The van der Waals surface area contributed by atoms with Crippen LogP contribution in [0.25, 0.3) is 0 Å². The molecule has 1 amide bonds. The van der Waals surface area contributed by atoms with Gasteiger partial charge in [-0.05, 0) is 12.5 Å². The van der Waals surface area contributed by atoms with E-state index in [-0.39, 0.29) is 18.2 Å². The lowest BCUT2D eigenvalue weighted by Gasteiger charge is -2.18. The van der Waals surface area contributed by atoms with Gasteiger partial charge >= 0.3 is 5.97 Å². The number of rotatable bonds is 4. The molecule has 0 atom stereocenters. The average Bonchev–Trinajstić information content (AvgIpc) is 2.41. The van der Waals surface area contributed by atoms with Crippen LogP contribution in [0.3, 0.4) is 0 Å². The van der Waals surface area contributed by atoms with Gasteiger partial charge in [-0.1, -0.05) is 57.2 Å². The highest BCUT2D eigenvalue weighted by Gasteiger charge is 2.24. The van der Waals surface area contributed by atoms with E-state index in [9.17, 15) is 9.59 Å². The molecule has 4 nitrogen and oxygen atoms in total. The Labute approximate surface area is 119 Å². The average molecular weight is 275 g/mol. The lowest BCUT2D eigenvalue weighted by molar-refractivity contribution is -0.142. The first-order chi connectivity index (χ1) is 9.34. The van der Waals surface area contributed by atoms with E-state index in [0.717, 1.165) is 5.56 Å². The summed E-state index contributed by atoms with van der Waals surface area (Å²) in [5, 5.41) is 2.59. The van der Waals surface area contributed by atoms with Crippen molar-refractivity contribution in [1.82, 2.24) is 5.32 Å². The molecule has 0 aliphatic carbocycles. The SMILES string of the molecule is C/C=C(\NC(=O)C(C)(C)C)C(=O)OCc1ccccc1. The van der Waals surface area contributed by atoms with Gasteiger partial charge in [-0.2, -0.15) is 0 Å². The number of hydrogen-bond donors (Lipinski definition) is 1. The molecule has 1 rings (SSSR count). The van der Waals surface area contributed by atoms with Gasteiger partial charge in [-0.15, -0.1) is 0 Å². The van der Waals surface area contributed by atoms with Crippen LogP contribution in [-0.2, 0) is 20.9 Å². The van der Waals surface area contributed by atoms with E-state index in [1.807, 2.05) is 30.3 Å². The summed E-state index contributed by atoms with van der Waals surface area (Å²) in [6.07, 6.45) is 1.54. The van der Waals surface area contributed by atoms with Crippen LogP contribution in [0, 0.1) is 5.41 Å². The zero-order valence-electron chi connectivity index (χ0n) is 12.4. The standard InChI is InChI=1S/C16H21NO3/c1-5-13(17-15(19)16(2,3)4)14(18)20-11-12-9-7-6-8-10-12/h5-10H,11H2,1-4H3,(H,17,19)/b13-5-. The summed E-state index contributed by atoms with van der Waals surface area (Å²) < 4.78 is 5.17. The Morgan fingerprint density at radius 3 is 2.30 bits per heavy atom. The normalized spacial score (nSPS) is 11.9. The second-order valence-corrected chi connectivity index (χ2v) is 5.47. The second kappa shape index (κ2) is 6.89.